The first-order valence-electron chi connectivity index (χ1n) is 5.99. The van der Waals surface area contributed by atoms with Crippen LogP contribution in [0.4, 0.5) is 0 Å². The number of rotatable bonds is 11. The Labute approximate surface area is 156 Å². The summed E-state index contributed by atoms with van der Waals surface area (Å²) in [4.78, 5) is 0. The Kier molecular flexibility index (Phi) is 26.5. The van der Waals surface area contributed by atoms with E-state index in [9.17, 15) is 4.57 Å². The number of hydrogen-bond donors (Lipinski definition) is 2. The van der Waals surface area contributed by atoms with Crippen molar-refractivity contribution in [1.82, 2.24) is 0 Å². The van der Waals surface area contributed by atoms with E-state index in [0.717, 1.165) is 32.1 Å². The molecule has 2 unspecified atom stereocenters. The summed E-state index contributed by atoms with van der Waals surface area (Å²) in [6.07, 6.45) is 5.10. The molecule has 0 saturated heterocycles. The second-order valence-corrected chi connectivity index (χ2v) is 4.77. The normalized spacial score (nSPS) is 13.3. The second-order valence-electron chi connectivity index (χ2n) is 3.75. The van der Waals surface area contributed by atoms with E-state index < -0.39 is 14.5 Å². The van der Waals surface area contributed by atoms with Crippen LogP contribution in [0.2, 0.25) is 0 Å². The standard InChI is InChI=1S/C10H25N2O3P.2Na.2H/c1-2-3-9-14-16(13)15-10(12)7-5-4-6-8-11;;;;/h10,16H,2-9,11-12H2,1H3;;;;. The van der Waals surface area contributed by atoms with Gasteiger partial charge in [0.1, 0.15) is 6.23 Å². The molecular weight excluding hydrogens is 273 g/mol. The zero-order chi connectivity index (χ0) is 12.2. The molecule has 0 rings (SSSR count). The van der Waals surface area contributed by atoms with Crippen LogP contribution in [0.15, 0.2) is 0 Å². The van der Waals surface area contributed by atoms with Gasteiger partial charge in [0, 0.05) is 0 Å². The first-order chi connectivity index (χ1) is 7.70. The molecule has 18 heavy (non-hydrogen) atoms. The van der Waals surface area contributed by atoms with Crippen molar-refractivity contribution < 1.29 is 13.6 Å². The molecule has 0 bridgehead atoms. The van der Waals surface area contributed by atoms with Gasteiger partial charge in [-0.05, 0) is 32.2 Å². The minimum atomic E-state index is -2.40. The molecule has 102 valence electrons. The fraction of sp³-hybridized carbons (Fsp3) is 1.00. The van der Waals surface area contributed by atoms with Crippen LogP contribution < -0.4 is 11.5 Å². The number of unbranched alkanes of at least 4 members (excludes halogenated alkanes) is 3. The van der Waals surface area contributed by atoms with Crippen molar-refractivity contribution in [3.63, 3.8) is 0 Å². The van der Waals surface area contributed by atoms with Gasteiger partial charge >= 0.3 is 67.4 Å². The fourth-order valence-corrected chi connectivity index (χ4v) is 1.93. The molecular formula is C10H27N2Na2O3P. The van der Waals surface area contributed by atoms with E-state index in [0.29, 0.717) is 19.6 Å². The van der Waals surface area contributed by atoms with Crippen molar-refractivity contribution in [3.05, 3.63) is 0 Å². The molecule has 0 fully saturated rings. The van der Waals surface area contributed by atoms with Gasteiger partial charge < -0.3 is 16.0 Å². The predicted molar refractivity (Wildman–Crippen MR) is 80.7 cm³/mol. The number of nitrogens with two attached hydrogens (primary N) is 2. The third-order valence-corrected chi connectivity index (χ3v) is 3.09. The van der Waals surface area contributed by atoms with Crippen LogP contribution in [-0.4, -0.2) is 78.5 Å². The Hall–Kier alpha value is 2.07. The van der Waals surface area contributed by atoms with E-state index >= 15 is 0 Å². The quantitative estimate of drug-likeness (QED) is 0.254. The van der Waals surface area contributed by atoms with Crippen LogP contribution in [0, 0.1) is 0 Å². The molecule has 0 spiro atoms. The summed E-state index contributed by atoms with van der Waals surface area (Å²) in [7, 11) is -2.40. The van der Waals surface area contributed by atoms with Gasteiger partial charge in [-0.15, -0.1) is 0 Å². The van der Waals surface area contributed by atoms with E-state index in [-0.39, 0.29) is 59.1 Å². The topological polar surface area (TPSA) is 87.6 Å². The third-order valence-electron chi connectivity index (χ3n) is 2.16. The van der Waals surface area contributed by atoms with Crippen molar-refractivity contribution in [2.24, 2.45) is 11.5 Å². The molecule has 4 N–H and O–H groups in total. The molecule has 0 aliphatic heterocycles. The molecule has 2 atom stereocenters. The van der Waals surface area contributed by atoms with Gasteiger partial charge in [-0.2, -0.15) is 0 Å². The van der Waals surface area contributed by atoms with E-state index in [1.165, 1.54) is 0 Å². The van der Waals surface area contributed by atoms with Crippen LogP contribution >= 0.6 is 8.25 Å². The first kappa shape index (κ1) is 25.0. The van der Waals surface area contributed by atoms with Gasteiger partial charge in [-0.1, -0.05) is 19.8 Å². The Bertz CT molecular complexity index is 191. The van der Waals surface area contributed by atoms with Crippen LogP contribution in [-0.2, 0) is 13.6 Å². The van der Waals surface area contributed by atoms with Crippen LogP contribution in [0.5, 0.6) is 0 Å². The molecule has 0 saturated carbocycles. The molecule has 8 heteroatoms. The Balaban J connectivity index is -0.00000112. The predicted octanol–water partition coefficient (Wildman–Crippen LogP) is 0.716. The minimum absolute atomic E-state index is 0. The van der Waals surface area contributed by atoms with Gasteiger partial charge in [-0.25, -0.2) is 0 Å². The monoisotopic (exact) mass is 300 g/mol. The Morgan fingerprint density at radius 3 is 2.39 bits per heavy atom. The van der Waals surface area contributed by atoms with E-state index in [2.05, 4.69) is 0 Å². The van der Waals surface area contributed by atoms with Crippen molar-refractivity contribution in [2.75, 3.05) is 13.2 Å². The summed E-state index contributed by atoms with van der Waals surface area (Å²) < 4.78 is 21.3. The first-order valence-corrected chi connectivity index (χ1v) is 7.22. The SMILES string of the molecule is CCCCO[PH](=O)OC(N)CCCCCN.[NaH].[NaH]. The molecule has 0 aromatic heterocycles. The Morgan fingerprint density at radius 1 is 1.17 bits per heavy atom. The van der Waals surface area contributed by atoms with E-state index in [1.807, 2.05) is 6.92 Å². The van der Waals surface area contributed by atoms with Gasteiger partial charge in [0.25, 0.3) is 0 Å². The molecule has 0 heterocycles. The van der Waals surface area contributed by atoms with Gasteiger partial charge in [-0.3, -0.25) is 9.09 Å². The zero-order valence-corrected chi connectivity index (χ0v) is 11.1. The fourth-order valence-electron chi connectivity index (χ4n) is 1.18. The molecule has 5 nitrogen and oxygen atoms in total. The molecule has 0 aliphatic carbocycles. The maximum atomic E-state index is 11.3. The summed E-state index contributed by atoms with van der Waals surface area (Å²) in [5.74, 6) is 0. The van der Waals surface area contributed by atoms with Crippen LogP contribution in [0.1, 0.15) is 45.4 Å². The van der Waals surface area contributed by atoms with Gasteiger partial charge in [0.05, 0.1) is 6.61 Å². The summed E-state index contributed by atoms with van der Waals surface area (Å²) in [5.41, 5.74) is 11.0. The van der Waals surface area contributed by atoms with Crippen molar-refractivity contribution in [3.8, 4) is 0 Å². The average Bonchev–Trinajstić information content (AvgIpc) is 2.25. The number of hydrogen-bond acceptors (Lipinski definition) is 5. The second kappa shape index (κ2) is 19.1. The molecule has 0 aromatic carbocycles. The van der Waals surface area contributed by atoms with E-state index in [1.54, 1.807) is 0 Å². The summed E-state index contributed by atoms with van der Waals surface area (Å²) in [5, 5.41) is 0. The molecule has 0 aliphatic rings. The zero-order valence-electron chi connectivity index (χ0n) is 10.1. The molecule has 0 aromatic rings. The van der Waals surface area contributed by atoms with E-state index in [4.69, 9.17) is 20.5 Å². The van der Waals surface area contributed by atoms with Crippen molar-refractivity contribution in [1.29, 1.82) is 0 Å². The molecule has 0 amide bonds. The van der Waals surface area contributed by atoms with Crippen molar-refractivity contribution >= 4 is 67.4 Å². The van der Waals surface area contributed by atoms with Crippen molar-refractivity contribution in [2.45, 2.75) is 51.7 Å². The third kappa shape index (κ3) is 18.1. The molecule has 0 radical (unpaired) electrons. The van der Waals surface area contributed by atoms with Crippen LogP contribution in [0.25, 0.3) is 0 Å². The maximum absolute atomic E-state index is 11.3. The van der Waals surface area contributed by atoms with Crippen LogP contribution in [0.3, 0.4) is 0 Å². The van der Waals surface area contributed by atoms with Gasteiger partial charge in [0.2, 0.25) is 0 Å². The Morgan fingerprint density at radius 2 is 1.83 bits per heavy atom. The summed E-state index contributed by atoms with van der Waals surface area (Å²) in [6.45, 7) is 3.23. The summed E-state index contributed by atoms with van der Waals surface area (Å²) in [6, 6.07) is 0. The average molecular weight is 300 g/mol. The van der Waals surface area contributed by atoms with Gasteiger partial charge in [0.15, 0.2) is 0 Å². The summed E-state index contributed by atoms with van der Waals surface area (Å²) >= 11 is 0.